The summed E-state index contributed by atoms with van der Waals surface area (Å²) in [6.07, 6.45) is 5.64. The van der Waals surface area contributed by atoms with Gasteiger partial charge in [-0.2, -0.15) is 0 Å². The first-order chi connectivity index (χ1) is 20.9. The molecule has 2 N–H and O–H groups in total. The third-order valence-electron chi connectivity index (χ3n) is 7.60. The van der Waals surface area contributed by atoms with Crippen molar-refractivity contribution in [2.75, 3.05) is 17.2 Å². The fraction of sp³-hybridized carbons (Fsp3) is 0.162. The zero-order chi connectivity index (χ0) is 30.2. The van der Waals surface area contributed by atoms with Gasteiger partial charge in [-0.1, -0.05) is 98.5 Å². The lowest BCUT2D eigenvalue weighted by Crippen LogP contribution is -2.44. The van der Waals surface area contributed by atoms with Gasteiger partial charge in [-0.3, -0.25) is 14.4 Å². The molecule has 1 atom stereocenters. The average molecular weight is 570 g/mol. The van der Waals surface area contributed by atoms with Crippen LogP contribution in [0.3, 0.4) is 0 Å². The van der Waals surface area contributed by atoms with Crippen molar-refractivity contribution in [3.63, 3.8) is 0 Å². The zero-order valence-electron chi connectivity index (χ0n) is 24.3. The van der Waals surface area contributed by atoms with Crippen LogP contribution >= 0.6 is 0 Å². The van der Waals surface area contributed by atoms with Crippen molar-refractivity contribution in [3.05, 3.63) is 143 Å². The van der Waals surface area contributed by atoms with E-state index in [4.69, 9.17) is 0 Å². The first-order valence-corrected chi connectivity index (χ1v) is 14.5. The highest BCUT2D eigenvalue weighted by atomic mass is 16.2. The molecule has 1 aliphatic heterocycles. The molecule has 6 heteroatoms. The Bertz CT molecular complexity index is 1640. The highest BCUT2D eigenvalue weighted by molar-refractivity contribution is 6.05. The van der Waals surface area contributed by atoms with Gasteiger partial charge in [-0.05, 0) is 71.0 Å². The quantitative estimate of drug-likeness (QED) is 0.168. The van der Waals surface area contributed by atoms with E-state index >= 15 is 0 Å². The van der Waals surface area contributed by atoms with Gasteiger partial charge in [0, 0.05) is 23.5 Å². The second-order valence-electron chi connectivity index (χ2n) is 10.6. The Kier molecular flexibility index (Phi) is 9.27. The van der Waals surface area contributed by atoms with Gasteiger partial charge in [0.15, 0.2) is 0 Å². The molecule has 0 aliphatic carbocycles. The number of hydrogen-bond donors (Lipinski definition) is 2. The standard InChI is InChI=1S/C37H35N3O3/c1-3-30-11-7-8-12-33(30)36(42)38-31-19-15-27(16-20-31)13-14-28-17-21-32(22-18-28)39-37(43)35-26(2)23-24-40(35)34(41)25-29-9-5-4-6-10-29/h4-22,35H,2-3,23-25H2,1H3,(H,38,42)(H,39,43)/b14-13+/t35-/m0/s1. The Morgan fingerprint density at radius 1 is 0.791 bits per heavy atom. The number of carbonyl (C=O) groups excluding carboxylic acids is 3. The molecule has 4 aromatic carbocycles. The van der Waals surface area contributed by atoms with E-state index in [2.05, 4.69) is 17.2 Å². The van der Waals surface area contributed by atoms with Gasteiger partial charge in [-0.15, -0.1) is 0 Å². The normalized spacial score (nSPS) is 14.6. The summed E-state index contributed by atoms with van der Waals surface area (Å²) < 4.78 is 0. The molecule has 0 radical (unpaired) electrons. The second kappa shape index (κ2) is 13.6. The van der Waals surface area contributed by atoms with Gasteiger partial charge in [0.05, 0.1) is 6.42 Å². The average Bonchev–Trinajstić information content (AvgIpc) is 3.43. The van der Waals surface area contributed by atoms with Crippen molar-refractivity contribution in [1.82, 2.24) is 4.90 Å². The summed E-state index contributed by atoms with van der Waals surface area (Å²) in [6, 6.07) is 31.7. The minimum Gasteiger partial charge on any atom is -0.326 e. The number of hydrogen-bond acceptors (Lipinski definition) is 3. The number of amides is 3. The van der Waals surface area contributed by atoms with Gasteiger partial charge in [-0.25, -0.2) is 0 Å². The predicted octanol–water partition coefficient (Wildman–Crippen LogP) is 7.01. The fourth-order valence-corrected chi connectivity index (χ4v) is 5.22. The molecule has 6 nitrogen and oxygen atoms in total. The SMILES string of the molecule is C=C1CCN(C(=O)Cc2ccccc2)[C@@H]1C(=O)Nc1ccc(/C=C/c2ccc(NC(=O)c3ccccc3CC)cc2)cc1. The van der Waals surface area contributed by atoms with E-state index < -0.39 is 6.04 Å². The molecular weight excluding hydrogens is 534 g/mol. The molecule has 1 saturated heterocycles. The third kappa shape index (κ3) is 7.35. The smallest absolute Gasteiger partial charge is 0.255 e. The molecule has 0 unspecified atom stereocenters. The van der Waals surface area contributed by atoms with E-state index in [-0.39, 0.29) is 24.1 Å². The summed E-state index contributed by atoms with van der Waals surface area (Å²) in [5.74, 6) is -0.447. The maximum absolute atomic E-state index is 13.2. The Morgan fingerprint density at radius 2 is 1.37 bits per heavy atom. The Balaban J connectivity index is 1.16. The largest absolute Gasteiger partial charge is 0.326 e. The summed E-state index contributed by atoms with van der Waals surface area (Å²) in [5.41, 5.74) is 6.72. The maximum Gasteiger partial charge on any atom is 0.255 e. The first kappa shape index (κ1) is 29.3. The van der Waals surface area contributed by atoms with Crippen LogP contribution < -0.4 is 10.6 Å². The van der Waals surface area contributed by atoms with Crippen molar-refractivity contribution in [3.8, 4) is 0 Å². The van der Waals surface area contributed by atoms with E-state index in [1.807, 2.05) is 122 Å². The number of anilines is 2. The summed E-state index contributed by atoms with van der Waals surface area (Å²) in [4.78, 5) is 40.5. The molecule has 1 aliphatic rings. The summed E-state index contributed by atoms with van der Waals surface area (Å²) in [5, 5.41) is 5.93. The molecule has 43 heavy (non-hydrogen) atoms. The highest BCUT2D eigenvalue weighted by Crippen LogP contribution is 2.25. The van der Waals surface area contributed by atoms with E-state index in [1.54, 1.807) is 4.90 Å². The topological polar surface area (TPSA) is 78.5 Å². The molecular formula is C37H35N3O3. The van der Waals surface area contributed by atoms with Crippen molar-refractivity contribution in [2.24, 2.45) is 0 Å². The fourth-order valence-electron chi connectivity index (χ4n) is 5.22. The number of rotatable bonds is 9. The van der Waals surface area contributed by atoms with Crippen LogP contribution in [0.5, 0.6) is 0 Å². The molecule has 1 heterocycles. The van der Waals surface area contributed by atoms with Crippen LogP contribution in [0.1, 0.15) is 46.0 Å². The first-order valence-electron chi connectivity index (χ1n) is 14.5. The lowest BCUT2D eigenvalue weighted by Gasteiger charge is -2.24. The van der Waals surface area contributed by atoms with Crippen LogP contribution in [0.25, 0.3) is 12.2 Å². The van der Waals surface area contributed by atoms with Crippen LogP contribution in [-0.2, 0) is 22.4 Å². The number of nitrogens with one attached hydrogen (secondary N) is 2. The minimum absolute atomic E-state index is 0.0808. The van der Waals surface area contributed by atoms with E-state index in [1.165, 1.54) is 0 Å². The zero-order valence-corrected chi connectivity index (χ0v) is 24.3. The van der Waals surface area contributed by atoms with Gasteiger partial charge < -0.3 is 15.5 Å². The number of aryl methyl sites for hydroxylation is 1. The molecule has 216 valence electrons. The van der Waals surface area contributed by atoms with Crippen LogP contribution in [-0.4, -0.2) is 35.2 Å². The molecule has 0 aromatic heterocycles. The molecule has 0 saturated carbocycles. The van der Waals surface area contributed by atoms with Crippen LogP contribution in [0.4, 0.5) is 11.4 Å². The highest BCUT2D eigenvalue weighted by Gasteiger charge is 2.36. The van der Waals surface area contributed by atoms with Gasteiger partial charge in [0.25, 0.3) is 11.8 Å². The molecule has 0 spiro atoms. The third-order valence-corrected chi connectivity index (χ3v) is 7.60. The molecule has 3 amide bonds. The Hall–Kier alpha value is -5.23. The summed E-state index contributed by atoms with van der Waals surface area (Å²) in [7, 11) is 0. The van der Waals surface area contributed by atoms with Crippen LogP contribution in [0.15, 0.2) is 115 Å². The molecule has 0 bridgehead atoms. The lowest BCUT2D eigenvalue weighted by atomic mass is 10.0. The van der Waals surface area contributed by atoms with E-state index in [0.29, 0.717) is 24.2 Å². The van der Waals surface area contributed by atoms with Crippen LogP contribution in [0, 0.1) is 0 Å². The number of carbonyl (C=O) groups is 3. The molecule has 1 fully saturated rings. The number of likely N-dealkylation sites (tertiary alicyclic amines) is 1. The Morgan fingerprint density at radius 3 is 2.00 bits per heavy atom. The van der Waals surface area contributed by atoms with Crippen molar-refractivity contribution >= 4 is 41.2 Å². The molecule has 4 aromatic rings. The monoisotopic (exact) mass is 569 g/mol. The van der Waals surface area contributed by atoms with Gasteiger partial charge in [0.1, 0.15) is 6.04 Å². The summed E-state index contributed by atoms with van der Waals surface area (Å²) in [6.45, 7) is 6.59. The summed E-state index contributed by atoms with van der Waals surface area (Å²) >= 11 is 0. The van der Waals surface area contributed by atoms with Gasteiger partial charge >= 0.3 is 0 Å². The predicted molar refractivity (Wildman–Crippen MR) is 174 cm³/mol. The minimum atomic E-state index is -0.676. The maximum atomic E-state index is 13.2. The van der Waals surface area contributed by atoms with E-state index in [9.17, 15) is 14.4 Å². The van der Waals surface area contributed by atoms with Crippen molar-refractivity contribution in [1.29, 1.82) is 0 Å². The van der Waals surface area contributed by atoms with Gasteiger partial charge in [0.2, 0.25) is 5.91 Å². The Labute approximate surface area is 252 Å². The van der Waals surface area contributed by atoms with Crippen LogP contribution in [0.2, 0.25) is 0 Å². The van der Waals surface area contributed by atoms with Crippen molar-refractivity contribution < 1.29 is 14.4 Å². The lowest BCUT2D eigenvalue weighted by molar-refractivity contribution is -0.135. The number of nitrogens with zero attached hydrogens (tertiary/aromatic N) is 1. The van der Waals surface area contributed by atoms with Crippen molar-refractivity contribution in [2.45, 2.75) is 32.2 Å². The molecule has 5 rings (SSSR count). The second-order valence-corrected chi connectivity index (χ2v) is 10.6. The number of benzene rings is 4. The van der Waals surface area contributed by atoms with E-state index in [0.717, 1.165) is 39.9 Å².